The average Bonchev–Trinajstić information content (AvgIpc) is 3.57. The summed E-state index contributed by atoms with van der Waals surface area (Å²) in [6.07, 6.45) is -3.78. The van der Waals surface area contributed by atoms with E-state index >= 15 is 0 Å². The zero-order valence-electron chi connectivity index (χ0n) is 23.7. The second-order valence-electron chi connectivity index (χ2n) is 10.0. The van der Waals surface area contributed by atoms with Gasteiger partial charge in [0.2, 0.25) is 0 Å². The highest BCUT2D eigenvalue weighted by Gasteiger charge is 2.52. The molecule has 1 fully saturated rings. The van der Waals surface area contributed by atoms with Crippen LogP contribution >= 0.6 is 27.5 Å². The third kappa shape index (κ3) is 6.08. The summed E-state index contributed by atoms with van der Waals surface area (Å²) in [4.78, 5) is 48.1. The smallest absolute Gasteiger partial charge is 0.338 e. The second-order valence-corrected chi connectivity index (χ2v) is 11.1. The average molecular weight is 702 g/mol. The molecule has 0 unspecified atom stereocenters. The Hall–Kier alpha value is -5.09. The summed E-state index contributed by atoms with van der Waals surface area (Å²) < 4.78 is 25.7. The number of nitriles is 1. The summed E-state index contributed by atoms with van der Waals surface area (Å²) in [7, 11) is 0. The molecule has 0 aliphatic carbocycles. The Kier molecular flexibility index (Phi) is 9.07. The maximum Gasteiger partial charge on any atom is 0.338 e. The van der Waals surface area contributed by atoms with Gasteiger partial charge in [-0.25, -0.2) is 24.4 Å². The number of hydrogen-bond acceptors (Lipinski definition) is 10. The lowest BCUT2D eigenvalue weighted by molar-refractivity contribution is -0.0612. The summed E-state index contributed by atoms with van der Waals surface area (Å²) in [6, 6.07) is 26.9. The quantitative estimate of drug-likeness (QED) is 0.109. The Morgan fingerprint density at radius 3 is 1.89 bits per heavy atom. The lowest BCUT2D eigenvalue weighted by atomic mass is 10.1. The molecule has 13 heteroatoms. The summed E-state index contributed by atoms with van der Waals surface area (Å²) in [5, 5.41) is 10.2. The third-order valence-electron chi connectivity index (χ3n) is 7.22. The van der Waals surface area contributed by atoms with Crippen LogP contribution < -0.4 is 0 Å². The molecule has 0 radical (unpaired) electrons. The predicted molar refractivity (Wildman–Crippen MR) is 167 cm³/mol. The fourth-order valence-corrected chi connectivity index (χ4v) is 5.95. The molecule has 0 bridgehead atoms. The van der Waals surface area contributed by atoms with E-state index in [-0.39, 0.29) is 44.1 Å². The second kappa shape index (κ2) is 13.5. The Bertz CT molecular complexity index is 1950. The molecule has 0 amide bonds. The van der Waals surface area contributed by atoms with Crippen LogP contribution in [0.15, 0.2) is 102 Å². The summed E-state index contributed by atoms with van der Waals surface area (Å²) >= 11 is 9.84. The molecule has 4 atom stereocenters. The maximum absolute atomic E-state index is 13.5. The van der Waals surface area contributed by atoms with Gasteiger partial charge in [-0.05, 0) is 52.3 Å². The minimum Gasteiger partial charge on any atom is -0.459 e. The first-order valence-electron chi connectivity index (χ1n) is 13.9. The Morgan fingerprint density at radius 2 is 1.35 bits per heavy atom. The number of halogens is 2. The first-order valence-corrected chi connectivity index (χ1v) is 15.0. The van der Waals surface area contributed by atoms with E-state index in [1.807, 2.05) is 0 Å². The monoisotopic (exact) mass is 700 g/mol. The van der Waals surface area contributed by atoms with Crippen LogP contribution in [-0.2, 0) is 18.9 Å². The Balaban J connectivity index is 1.44. The van der Waals surface area contributed by atoms with E-state index in [2.05, 4.69) is 32.0 Å². The Morgan fingerprint density at radius 1 is 0.826 bits per heavy atom. The van der Waals surface area contributed by atoms with Gasteiger partial charge in [0, 0.05) is 0 Å². The molecule has 46 heavy (non-hydrogen) atoms. The topological polar surface area (TPSA) is 143 Å². The molecule has 1 aliphatic heterocycles. The third-order valence-corrected chi connectivity index (χ3v) is 8.29. The van der Waals surface area contributed by atoms with E-state index in [4.69, 9.17) is 30.5 Å². The van der Waals surface area contributed by atoms with Gasteiger partial charge in [0.1, 0.15) is 40.5 Å². The van der Waals surface area contributed by atoms with Gasteiger partial charge >= 0.3 is 17.9 Å². The number of hydrogen-bond donors (Lipinski definition) is 0. The summed E-state index contributed by atoms with van der Waals surface area (Å²) in [6.45, 7) is -0.381. The molecular formula is C33H22BrClN4O7. The minimum absolute atomic E-state index is 0.0113. The molecule has 3 heterocycles. The van der Waals surface area contributed by atoms with Crippen molar-refractivity contribution in [2.24, 2.45) is 0 Å². The van der Waals surface area contributed by atoms with Gasteiger partial charge in [-0.2, -0.15) is 5.26 Å². The molecule has 1 aliphatic rings. The van der Waals surface area contributed by atoms with Crippen LogP contribution in [0, 0.1) is 11.3 Å². The number of rotatable bonds is 8. The lowest BCUT2D eigenvalue weighted by Gasteiger charge is -2.25. The predicted octanol–water partition coefficient (Wildman–Crippen LogP) is 5.92. The lowest BCUT2D eigenvalue weighted by Crippen LogP contribution is -2.41. The molecule has 6 rings (SSSR count). The van der Waals surface area contributed by atoms with Crippen molar-refractivity contribution in [2.45, 2.75) is 24.5 Å². The number of benzene rings is 3. The van der Waals surface area contributed by atoms with Crippen molar-refractivity contribution in [3.05, 3.63) is 129 Å². The van der Waals surface area contributed by atoms with E-state index in [1.165, 1.54) is 10.9 Å². The van der Waals surface area contributed by atoms with Gasteiger partial charge in [0.15, 0.2) is 18.4 Å². The number of carbonyl (C=O) groups excluding carboxylic acids is 3. The van der Waals surface area contributed by atoms with Gasteiger partial charge in [0.25, 0.3) is 0 Å². The maximum atomic E-state index is 13.5. The number of ether oxygens (including phenoxy) is 4. The summed E-state index contributed by atoms with van der Waals surface area (Å²) in [5.74, 6) is -2.10. The zero-order valence-corrected chi connectivity index (χ0v) is 26.0. The SMILES string of the molecule is N#Cc1c(Br)n([C@@H]2O[C@H](COC(=O)c3ccccc3)[C@@H](OC(=O)c3ccccc3)[C@H]2OC(=O)c2ccccc2)c2ncnc(Cl)c12. The molecule has 0 spiro atoms. The standard InChI is InChI=1S/C33H22BrClN4O7/c34-27-22(16-36)24-28(35)37-18-38-29(24)39(27)30-26(46-33(42)21-14-8-3-9-15-21)25(45-32(41)20-12-6-2-7-13-20)23(44-30)17-43-31(40)19-10-4-1-5-11-19/h1-15,18,23,25-26,30H,17H2/t23-,25-,26-,30-/m1/s1. The molecular weight excluding hydrogens is 680 g/mol. The fraction of sp³-hybridized carbons (Fsp3) is 0.152. The highest BCUT2D eigenvalue weighted by Crippen LogP contribution is 2.42. The van der Waals surface area contributed by atoms with Crippen LogP contribution in [0.25, 0.3) is 11.0 Å². The zero-order chi connectivity index (χ0) is 32.2. The van der Waals surface area contributed by atoms with Crippen LogP contribution in [0.4, 0.5) is 0 Å². The van der Waals surface area contributed by atoms with Crippen molar-refractivity contribution in [3.8, 4) is 6.07 Å². The largest absolute Gasteiger partial charge is 0.459 e. The first kappa shape index (κ1) is 30.9. The van der Waals surface area contributed by atoms with E-state index < -0.39 is 42.4 Å². The van der Waals surface area contributed by atoms with Gasteiger partial charge in [-0.1, -0.05) is 66.2 Å². The van der Waals surface area contributed by atoms with E-state index in [0.717, 1.165) is 0 Å². The van der Waals surface area contributed by atoms with Crippen molar-refractivity contribution >= 4 is 56.5 Å². The number of aromatic nitrogens is 3. The highest BCUT2D eigenvalue weighted by atomic mass is 79.9. The number of esters is 3. The minimum atomic E-state index is -1.33. The number of fused-ring (bicyclic) bond motifs is 1. The van der Waals surface area contributed by atoms with Crippen molar-refractivity contribution in [3.63, 3.8) is 0 Å². The molecule has 11 nitrogen and oxygen atoms in total. The first-order chi connectivity index (χ1) is 22.4. The number of nitrogens with zero attached hydrogens (tertiary/aromatic N) is 4. The van der Waals surface area contributed by atoms with Gasteiger partial charge < -0.3 is 18.9 Å². The molecule has 2 aromatic heterocycles. The fourth-order valence-electron chi connectivity index (χ4n) is 5.07. The van der Waals surface area contributed by atoms with Crippen molar-refractivity contribution < 1.29 is 33.3 Å². The number of carbonyl (C=O) groups is 3. The van der Waals surface area contributed by atoms with Crippen LogP contribution in [0.1, 0.15) is 42.9 Å². The van der Waals surface area contributed by atoms with Crippen molar-refractivity contribution in [2.75, 3.05) is 6.61 Å². The molecule has 0 N–H and O–H groups in total. The molecule has 230 valence electrons. The summed E-state index contributed by atoms with van der Waals surface area (Å²) in [5.41, 5.74) is 1.05. The van der Waals surface area contributed by atoms with Crippen molar-refractivity contribution in [1.29, 1.82) is 5.26 Å². The van der Waals surface area contributed by atoms with Crippen LogP contribution in [0.5, 0.6) is 0 Å². The van der Waals surface area contributed by atoms with E-state index in [0.29, 0.717) is 5.56 Å². The van der Waals surface area contributed by atoms with Crippen LogP contribution in [-0.4, -0.2) is 57.4 Å². The van der Waals surface area contributed by atoms with Crippen LogP contribution in [0.3, 0.4) is 0 Å². The van der Waals surface area contributed by atoms with E-state index in [1.54, 1.807) is 91.0 Å². The van der Waals surface area contributed by atoms with Crippen LogP contribution in [0.2, 0.25) is 5.15 Å². The van der Waals surface area contributed by atoms with Gasteiger partial charge in [-0.3, -0.25) is 4.57 Å². The molecule has 3 aromatic carbocycles. The molecule has 1 saturated heterocycles. The molecule has 0 saturated carbocycles. The van der Waals surface area contributed by atoms with Gasteiger partial charge in [0.05, 0.1) is 27.6 Å². The highest BCUT2D eigenvalue weighted by molar-refractivity contribution is 9.10. The molecule has 5 aromatic rings. The Labute approximate surface area is 275 Å². The van der Waals surface area contributed by atoms with Crippen molar-refractivity contribution in [1.82, 2.24) is 14.5 Å². The van der Waals surface area contributed by atoms with E-state index in [9.17, 15) is 19.6 Å². The van der Waals surface area contributed by atoms with Gasteiger partial charge in [-0.15, -0.1) is 0 Å². The normalized spacial score (nSPS) is 18.9.